The van der Waals surface area contributed by atoms with E-state index in [-0.39, 0.29) is 17.5 Å². The van der Waals surface area contributed by atoms with E-state index in [4.69, 9.17) is 5.73 Å². The Labute approximate surface area is 134 Å². The van der Waals surface area contributed by atoms with E-state index >= 15 is 0 Å². The number of hydrogen-bond acceptors (Lipinski definition) is 4. The Balaban J connectivity index is 1.77. The summed E-state index contributed by atoms with van der Waals surface area (Å²) < 4.78 is 0. The molecule has 0 aliphatic carbocycles. The average molecular weight is 310 g/mol. The molecule has 6 heteroatoms. The number of nitrogens with two attached hydrogens (primary N) is 1. The minimum Gasteiger partial charge on any atom is -0.364 e. The maximum Gasteiger partial charge on any atom is 0.267 e. The minimum absolute atomic E-state index is 0.0196. The zero-order valence-corrected chi connectivity index (χ0v) is 12.7. The Hall–Kier alpha value is -2.76. The number of primary amides is 1. The summed E-state index contributed by atoms with van der Waals surface area (Å²) in [5, 5.41) is 0. The summed E-state index contributed by atoms with van der Waals surface area (Å²) in [4.78, 5) is 34.0. The summed E-state index contributed by atoms with van der Waals surface area (Å²) in [5.41, 5.74) is 6.95. The molecule has 3 heterocycles. The Kier molecular flexibility index (Phi) is 4.32. The average Bonchev–Trinajstić information content (AvgIpc) is 2.62. The maximum atomic E-state index is 12.5. The lowest BCUT2D eigenvalue weighted by atomic mass is 9.93. The van der Waals surface area contributed by atoms with Crippen molar-refractivity contribution in [2.24, 2.45) is 5.73 Å². The number of pyridine rings is 2. The van der Waals surface area contributed by atoms with Gasteiger partial charge in [-0.3, -0.25) is 14.6 Å². The van der Waals surface area contributed by atoms with E-state index in [1.54, 1.807) is 36.7 Å². The lowest BCUT2D eigenvalue weighted by Gasteiger charge is -2.32. The molecular weight excluding hydrogens is 292 g/mol. The number of carbonyl (C=O) groups excluding carboxylic acids is 2. The van der Waals surface area contributed by atoms with E-state index < -0.39 is 5.91 Å². The molecule has 2 N–H and O–H groups in total. The maximum absolute atomic E-state index is 12.5. The van der Waals surface area contributed by atoms with Crippen LogP contribution in [0, 0.1) is 0 Å². The molecule has 1 fully saturated rings. The van der Waals surface area contributed by atoms with Crippen LogP contribution >= 0.6 is 0 Å². The molecule has 23 heavy (non-hydrogen) atoms. The summed E-state index contributed by atoms with van der Waals surface area (Å²) in [6.07, 6.45) is 5.07. The molecule has 118 valence electrons. The van der Waals surface area contributed by atoms with Crippen molar-refractivity contribution in [3.8, 4) is 0 Å². The smallest absolute Gasteiger partial charge is 0.267 e. The highest BCUT2D eigenvalue weighted by Crippen LogP contribution is 2.26. The van der Waals surface area contributed by atoms with Crippen molar-refractivity contribution in [3.05, 3.63) is 59.7 Å². The summed E-state index contributed by atoms with van der Waals surface area (Å²) in [7, 11) is 0. The zero-order valence-electron chi connectivity index (χ0n) is 12.7. The summed E-state index contributed by atoms with van der Waals surface area (Å²) >= 11 is 0. The first-order valence-electron chi connectivity index (χ1n) is 7.61. The molecule has 1 unspecified atom stereocenters. The zero-order chi connectivity index (χ0) is 16.2. The van der Waals surface area contributed by atoms with E-state index in [1.807, 2.05) is 11.0 Å². The van der Waals surface area contributed by atoms with Gasteiger partial charge in [0.05, 0.1) is 5.56 Å². The molecule has 6 nitrogen and oxygen atoms in total. The monoisotopic (exact) mass is 310 g/mol. The predicted molar refractivity (Wildman–Crippen MR) is 84.9 cm³/mol. The summed E-state index contributed by atoms with van der Waals surface area (Å²) in [6, 6.07) is 8.80. The highest BCUT2D eigenvalue weighted by molar-refractivity contribution is 5.94. The molecular formula is C17H18N4O2. The van der Waals surface area contributed by atoms with Crippen LogP contribution in [0.15, 0.2) is 42.7 Å². The quantitative estimate of drug-likeness (QED) is 0.932. The van der Waals surface area contributed by atoms with E-state index in [2.05, 4.69) is 9.97 Å². The molecule has 0 radical (unpaired) electrons. The van der Waals surface area contributed by atoms with Crippen LogP contribution in [-0.2, 0) is 0 Å². The topological polar surface area (TPSA) is 89.2 Å². The van der Waals surface area contributed by atoms with Gasteiger partial charge >= 0.3 is 0 Å². The van der Waals surface area contributed by atoms with Crippen LogP contribution in [0.2, 0.25) is 0 Å². The Morgan fingerprint density at radius 1 is 1.22 bits per heavy atom. The lowest BCUT2D eigenvalue weighted by Crippen LogP contribution is -2.39. The van der Waals surface area contributed by atoms with Gasteiger partial charge in [-0.05, 0) is 37.1 Å². The predicted octanol–water partition coefficient (Wildman–Crippen LogP) is 1.60. The molecule has 2 amide bonds. The van der Waals surface area contributed by atoms with Gasteiger partial charge in [0.1, 0.15) is 5.69 Å². The van der Waals surface area contributed by atoms with Crippen LogP contribution < -0.4 is 5.73 Å². The summed E-state index contributed by atoms with van der Waals surface area (Å²) in [6.45, 7) is 1.31. The van der Waals surface area contributed by atoms with Crippen molar-refractivity contribution < 1.29 is 9.59 Å². The van der Waals surface area contributed by atoms with E-state index in [9.17, 15) is 9.59 Å². The molecule has 0 bridgehead atoms. The highest BCUT2D eigenvalue weighted by atomic mass is 16.2. The van der Waals surface area contributed by atoms with Crippen LogP contribution in [0.5, 0.6) is 0 Å². The summed E-state index contributed by atoms with van der Waals surface area (Å²) in [5.74, 6) is -0.441. The Morgan fingerprint density at radius 2 is 2.09 bits per heavy atom. The molecule has 2 aromatic rings. The van der Waals surface area contributed by atoms with E-state index in [0.29, 0.717) is 12.1 Å². The fraction of sp³-hybridized carbons (Fsp3) is 0.294. The molecule has 1 atom stereocenters. The van der Waals surface area contributed by atoms with E-state index in [0.717, 1.165) is 25.1 Å². The van der Waals surface area contributed by atoms with Crippen LogP contribution in [0.1, 0.15) is 45.3 Å². The number of carbonyl (C=O) groups is 2. The van der Waals surface area contributed by atoms with Gasteiger partial charge in [0.2, 0.25) is 0 Å². The standard InChI is InChI=1S/C17H18N4O2/c18-16(22)15-7-1-6-14(20-15)13-5-3-9-21(11-13)17(23)12-4-2-8-19-10-12/h1-2,4,6-8,10,13H,3,5,9,11H2,(H2,18,22). The van der Waals surface area contributed by atoms with Crippen molar-refractivity contribution in [3.63, 3.8) is 0 Å². The first-order valence-corrected chi connectivity index (χ1v) is 7.61. The molecule has 0 aromatic carbocycles. The first-order chi connectivity index (χ1) is 11.1. The van der Waals surface area contributed by atoms with Crippen molar-refractivity contribution in [2.75, 3.05) is 13.1 Å². The van der Waals surface area contributed by atoms with Crippen LogP contribution in [-0.4, -0.2) is 39.8 Å². The largest absolute Gasteiger partial charge is 0.364 e. The minimum atomic E-state index is -0.536. The number of nitrogens with zero attached hydrogens (tertiary/aromatic N) is 3. The second-order valence-corrected chi connectivity index (χ2v) is 5.64. The molecule has 2 aromatic heterocycles. The molecule has 3 rings (SSSR count). The fourth-order valence-electron chi connectivity index (χ4n) is 2.89. The van der Waals surface area contributed by atoms with Gasteiger partial charge in [-0.15, -0.1) is 0 Å². The Bertz CT molecular complexity index is 718. The second-order valence-electron chi connectivity index (χ2n) is 5.64. The van der Waals surface area contributed by atoms with Crippen molar-refractivity contribution in [1.29, 1.82) is 0 Å². The van der Waals surface area contributed by atoms with Crippen molar-refractivity contribution in [1.82, 2.24) is 14.9 Å². The van der Waals surface area contributed by atoms with Crippen LogP contribution in [0.25, 0.3) is 0 Å². The SMILES string of the molecule is NC(=O)c1cccc(C2CCCN(C(=O)c3cccnc3)C2)n1. The highest BCUT2D eigenvalue weighted by Gasteiger charge is 2.26. The second kappa shape index (κ2) is 6.56. The van der Waals surface area contributed by atoms with Gasteiger partial charge in [-0.25, -0.2) is 4.98 Å². The van der Waals surface area contributed by atoms with Gasteiger partial charge in [-0.2, -0.15) is 0 Å². The lowest BCUT2D eigenvalue weighted by molar-refractivity contribution is 0.0705. The van der Waals surface area contributed by atoms with Crippen molar-refractivity contribution in [2.45, 2.75) is 18.8 Å². The normalized spacial score (nSPS) is 17.7. The molecule has 1 aliphatic heterocycles. The first kappa shape index (κ1) is 15.1. The van der Waals surface area contributed by atoms with Crippen LogP contribution in [0.4, 0.5) is 0 Å². The molecule has 0 spiro atoms. The molecule has 0 saturated carbocycles. The van der Waals surface area contributed by atoms with Gasteiger partial charge in [0.25, 0.3) is 11.8 Å². The van der Waals surface area contributed by atoms with Gasteiger partial charge < -0.3 is 10.6 Å². The van der Waals surface area contributed by atoms with Gasteiger partial charge in [0.15, 0.2) is 0 Å². The number of amides is 2. The third-order valence-electron chi connectivity index (χ3n) is 4.06. The van der Waals surface area contributed by atoms with E-state index in [1.165, 1.54) is 0 Å². The Morgan fingerprint density at radius 3 is 2.83 bits per heavy atom. The van der Waals surface area contributed by atoms with Gasteiger partial charge in [0, 0.05) is 37.1 Å². The van der Waals surface area contributed by atoms with Crippen LogP contribution in [0.3, 0.4) is 0 Å². The fourth-order valence-corrected chi connectivity index (χ4v) is 2.89. The number of rotatable bonds is 3. The van der Waals surface area contributed by atoms with Crippen molar-refractivity contribution >= 4 is 11.8 Å². The molecule has 1 aliphatic rings. The van der Waals surface area contributed by atoms with Gasteiger partial charge in [-0.1, -0.05) is 6.07 Å². The third-order valence-corrected chi connectivity index (χ3v) is 4.06. The number of aromatic nitrogens is 2. The number of piperidine rings is 1. The molecule has 1 saturated heterocycles. The third kappa shape index (κ3) is 3.36. The number of hydrogen-bond donors (Lipinski definition) is 1. The number of likely N-dealkylation sites (tertiary alicyclic amines) is 1.